The molecule has 6 nitrogen and oxygen atoms in total. The molecule has 0 spiro atoms. The van der Waals surface area contributed by atoms with Crippen molar-refractivity contribution in [2.45, 2.75) is 26.7 Å². The molecule has 1 N–H and O–H groups in total. The predicted molar refractivity (Wildman–Crippen MR) is 122 cm³/mol. The van der Waals surface area contributed by atoms with Gasteiger partial charge in [-0.2, -0.15) is 0 Å². The van der Waals surface area contributed by atoms with E-state index in [9.17, 15) is 4.79 Å². The number of fused-ring (bicyclic) bond motifs is 1. The number of ether oxygens (including phenoxy) is 3. The number of benzene rings is 2. The molecule has 7 heteroatoms. The lowest BCUT2D eigenvalue weighted by atomic mass is 10.2. The molecule has 0 aliphatic carbocycles. The van der Waals surface area contributed by atoms with Crippen molar-refractivity contribution in [1.82, 2.24) is 4.98 Å². The Balaban J connectivity index is 1.64. The molecule has 0 radical (unpaired) electrons. The normalized spacial score (nSPS) is 11.0. The number of hydrogen-bond acceptors (Lipinski definition) is 6. The van der Waals surface area contributed by atoms with E-state index in [4.69, 9.17) is 14.2 Å². The van der Waals surface area contributed by atoms with Crippen LogP contribution in [0.5, 0.6) is 17.2 Å². The second-order valence-electron chi connectivity index (χ2n) is 6.52. The van der Waals surface area contributed by atoms with E-state index in [0.29, 0.717) is 29.8 Å². The molecule has 0 aliphatic heterocycles. The van der Waals surface area contributed by atoms with Gasteiger partial charge in [0.1, 0.15) is 5.75 Å². The highest BCUT2D eigenvalue weighted by molar-refractivity contribution is 7.22. The number of nitrogens with one attached hydrogen (secondary N) is 1. The van der Waals surface area contributed by atoms with E-state index < -0.39 is 0 Å². The first-order chi connectivity index (χ1) is 14.6. The van der Waals surface area contributed by atoms with Gasteiger partial charge in [0.25, 0.3) is 0 Å². The second-order valence-corrected chi connectivity index (χ2v) is 7.55. The van der Waals surface area contributed by atoms with Crippen LogP contribution >= 0.6 is 11.3 Å². The maximum atomic E-state index is 12.3. The Bertz CT molecular complexity index is 1030. The van der Waals surface area contributed by atoms with Gasteiger partial charge in [-0.05, 0) is 55.3 Å². The smallest absolute Gasteiger partial charge is 0.250 e. The Morgan fingerprint density at radius 3 is 2.77 bits per heavy atom. The first-order valence-corrected chi connectivity index (χ1v) is 10.8. The van der Waals surface area contributed by atoms with Crippen LogP contribution < -0.4 is 19.5 Å². The molecular weight excluding hydrogens is 400 g/mol. The lowest BCUT2D eigenvalue weighted by molar-refractivity contribution is -0.111. The number of amides is 1. The van der Waals surface area contributed by atoms with Gasteiger partial charge in [0, 0.05) is 6.08 Å². The summed E-state index contributed by atoms with van der Waals surface area (Å²) < 4.78 is 17.6. The molecule has 1 amide bonds. The Hall–Kier alpha value is -3.06. The predicted octanol–water partition coefficient (Wildman–Crippen LogP) is 5.53. The molecule has 0 aliphatic rings. The summed E-state index contributed by atoms with van der Waals surface area (Å²) in [5, 5.41) is 3.37. The van der Waals surface area contributed by atoms with Crippen LogP contribution in [0.3, 0.4) is 0 Å². The Morgan fingerprint density at radius 1 is 1.13 bits per heavy atom. The fraction of sp³-hybridized carbons (Fsp3) is 0.304. The minimum atomic E-state index is -0.249. The molecule has 2 aromatic carbocycles. The average Bonchev–Trinajstić information content (AvgIpc) is 3.14. The van der Waals surface area contributed by atoms with Gasteiger partial charge in [-0.25, -0.2) is 4.98 Å². The number of anilines is 1. The first-order valence-electron chi connectivity index (χ1n) is 9.96. The molecule has 30 heavy (non-hydrogen) atoms. The van der Waals surface area contributed by atoms with Crippen LogP contribution in [0.25, 0.3) is 16.3 Å². The molecule has 158 valence electrons. The summed E-state index contributed by atoms with van der Waals surface area (Å²) in [6.07, 6.45) is 5.31. The van der Waals surface area contributed by atoms with Crippen LogP contribution in [-0.4, -0.2) is 31.2 Å². The van der Waals surface area contributed by atoms with E-state index in [1.165, 1.54) is 17.4 Å². The van der Waals surface area contributed by atoms with Crippen LogP contribution in [-0.2, 0) is 4.79 Å². The van der Waals surface area contributed by atoms with Crippen molar-refractivity contribution in [1.29, 1.82) is 0 Å². The SMILES string of the molecule is CCCCOc1ccc2nc(NC(=O)/C=C/c3ccc(OCC)c(OC)c3)sc2c1. The number of methoxy groups -OCH3 is 1. The molecule has 1 aromatic heterocycles. The highest BCUT2D eigenvalue weighted by atomic mass is 32.1. The summed E-state index contributed by atoms with van der Waals surface area (Å²) >= 11 is 1.42. The van der Waals surface area contributed by atoms with Gasteiger partial charge in [-0.15, -0.1) is 0 Å². The summed E-state index contributed by atoms with van der Waals surface area (Å²) in [7, 11) is 1.59. The molecule has 0 atom stereocenters. The fourth-order valence-corrected chi connectivity index (χ4v) is 3.66. The Morgan fingerprint density at radius 2 is 2.00 bits per heavy atom. The van der Waals surface area contributed by atoms with Gasteiger partial charge >= 0.3 is 0 Å². The van der Waals surface area contributed by atoms with Crippen molar-refractivity contribution in [3.05, 3.63) is 48.0 Å². The molecule has 0 saturated heterocycles. The average molecular weight is 427 g/mol. The minimum absolute atomic E-state index is 0.249. The van der Waals surface area contributed by atoms with E-state index in [2.05, 4.69) is 17.2 Å². The van der Waals surface area contributed by atoms with Gasteiger partial charge in [0.2, 0.25) is 5.91 Å². The number of hydrogen-bond donors (Lipinski definition) is 1. The van der Waals surface area contributed by atoms with E-state index >= 15 is 0 Å². The number of carbonyl (C=O) groups excluding carboxylic acids is 1. The van der Waals surface area contributed by atoms with Crippen molar-refractivity contribution < 1.29 is 19.0 Å². The molecular formula is C23H26N2O4S. The van der Waals surface area contributed by atoms with Crippen molar-refractivity contribution in [3.63, 3.8) is 0 Å². The summed E-state index contributed by atoms with van der Waals surface area (Å²) in [4.78, 5) is 16.8. The van der Waals surface area contributed by atoms with E-state index in [-0.39, 0.29) is 5.91 Å². The molecule has 0 bridgehead atoms. The third-order valence-corrected chi connectivity index (χ3v) is 5.20. The van der Waals surface area contributed by atoms with Gasteiger partial charge in [-0.1, -0.05) is 30.7 Å². The van der Waals surface area contributed by atoms with Gasteiger partial charge in [0.15, 0.2) is 16.6 Å². The van der Waals surface area contributed by atoms with Crippen LogP contribution in [0.15, 0.2) is 42.5 Å². The largest absolute Gasteiger partial charge is 0.494 e. The van der Waals surface area contributed by atoms with Crippen molar-refractivity contribution in [2.75, 3.05) is 25.6 Å². The minimum Gasteiger partial charge on any atom is -0.494 e. The van der Waals surface area contributed by atoms with Crippen molar-refractivity contribution in [3.8, 4) is 17.2 Å². The summed E-state index contributed by atoms with van der Waals surface area (Å²) in [6.45, 7) is 5.31. The molecule has 3 aromatic rings. The summed E-state index contributed by atoms with van der Waals surface area (Å²) in [5.41, 5.74) is 1.67. The molecule has 3 rings (SSSR count). The van der Waals surface area contributed by atoms with E-state index in [0.717, 1.165) is 34.4 Å². The monoisotopic (exact) mass is 426 g/mol. The zero-order chi connectivity index (χ0) is 21.3. The number of carbonyl (C=O) groups is 1. The lowest BCUT2D eigenvalue weighted by Crippen LogP contribution is -2.07. The maximum absolute atomic E-state index is 12.3. The van der Waals surface area contributed by atoms with Crippen LogP contribution in [0.4, 0.5) is 5.13 Å². The zero-order valence-corrected chi connectivity index (χ0v) is 18.3. The molecule has 0 saturated carbocycles. The highest BCUT2D eigenvalue weighted by Gasteiger charge is 2.08. The number of unbranched alkanes of at least 4 members (excludes halogenated alkanes) is 1. The Labute approximate surface area is 180 Å². The highest BCUT2D eigenvalue weighted by Crippen LogP contribution is 2.30. The number of thiazole rings is 1. The van der Waals surface area contributed by atoms with Gasteiger partial charge < -0.3 is 14.2 Å². The third-order valence-electron chi connectivity index (χ3n) is 4.27. The van der Waals surface area contributed by atoms with Gasteiger partial charge in [0.05, 0.1) is 30.5 Å². The second kappa shape index (κ2) is 10.6. The van der Waals surface area contributed by atoms with Gasteiger partial charge in [-0.3, -0.25) is 10.1 Å². The van der Waals surface area contributed by atoms with E-state index in [1.807, 2.05) is 43.3 Å². The Kier molecular flexibility index (Phi) is 7.68. The molecule has 0 fully saturated rings. The van der Waals surface area contributed by atoms with Crippen LogP contribution in [0.1, 0.15) is 32.3 Å². The first kappa shape index (κ1) is 21.6. The standard InChI is InChI=1S/C23H26N2O4S/c1-4-6-13-29-17-9-10-18-21(15-17)30-23(24-18)25-22(26)12-8-16-7-11-19(28-5-2)20(14-16)27-3/h7-12,14-15H,4-6,13H2,1-3H3,(H,24,25,26)/b12-8+. The topological polar surface area (TPSA) is 69.7 Å². The zero-order valence-electron chi connectivity index (χ0n) is 17.4. The summed E-state index contributed by atoms with van der Waals surface area (Å²) in [5.74, 6) is 1.87. The lowest BCUT2D eigenvalue weighted by Gasteiger charge is -2.09. The van der Waals surface area contributed by atoms with E-state index in [1.54, 1.807) is 13.2 Å². The fourth-order valence-electron chi connectivity index (χ4n) is 2.76. The number of rotatable bonds is 10. The third kappa shape index (κ3) is 5.73. The van der Waals surface area contributed by atoms with Crippen molar-refractivity contribution in [2.24, 2.45) is 0 Å². The van der Waals surface area contributed by atoms with Crippen LogP contribution in [0, 0.1) is 0 Å². The van der Waals surface area contributed by atoms with Crippen molar-refractivity contribution >= 4 is 38.7 Å². The summed E-state index contributed by atoms with van der Waals surface area (Å²) in [6, 6.07) is 11.3. The number of nitrogens with zero attached hydrogens (tertiary/aromatic N) is 1. The molecule has 0 unspecified atom stereocenters. The number of aromatic nitrogens is 1. The molecule has 1 heterocycles. The maximum Gasteiger partial charge on any atom is 0.250 e. The van der Waals surface area contributed by atoms with Crippen LogP contribution in [0.2, 0.25) is 0 Å². The quantitative estimate of drug-likeness (QED) is 0.341.